The third kappa shape index (κ3) is 4.12. The van der Waals surface area contributed by atoms with E-state index in [9.17, 15) is 4.39 Å². The molecule has 0 aliphatic rings. The monoisotopic (exact) mass is 324 g/mol. The number of benzene rings is 2. The van der Waals surface area contributed by atoms with Crippen LogP contribution in [0.25, 0.3) is 0 Å². The van der Waals surface area contributed by atoms with E-state index in [0.29, 0.717) is 26.9 Å². The molecule has 0 saturated carbocycles. The average Bonchev–Trinajstić information content (AvgIpc) is 2.48. The molecule has 5 heteroatoms. The SMILES string of the molecule is OCC#Cc1ccc(COc2cccc(Cl)c2Cl)c(F)c1. The van der Waals surface area contributed by atoms with Crippen LogP contribution in [0.1, 0.15) is 11.1 Å². The summed E-state index contributed by atoms with van der Waals surface area (Å²) in [4.78, 5) is 0. The van der Waals surface area contributed by atoms with E-state index in [-0.39, 0.29) is 13.2 Å². The van der Waals surface area contributed by atoms with Gasteiger partial charge in [-0.25, -0.2) is 4.39 Å². The normalized spacial score (nSPS) is 9.90. The van der Waals surface area contributed by atoms with Gasteiger partial charge in [-0.1, -0.05) is 47.2 Å². The first kappa shape index (κ1) is 15.7. The van der Waals surface area contributed by atoms with Crippen LogP contribution in [-0.4, -0.2) is 11.7 Å². The number of hydrogen-bond donors (Lipinski definition) is 1. The van der Waals surface area contributed by atoms with Gasteiger partial charge in [-0.15, -0.1) is 0 Å². The number of rotatable bonds is 3. The lowest BCUT2D eigenvalue weighted by Crippen LogP contribution is -1.99. The van der Waals surface area contributed by atoms with E-state index < -0.39 is 5.82 Å². The van der Waals surface area contributed by atoms with E-state index in [0.717, 1.165) is 0 Å². The minimum atomic E-state index is -0.433. The van der Waals surface area contributed by atoms with Crippen LogP contribution in [0.3, 0.4) is 0 Å². The van der Waals surface area contributed by atoms with E-state index in [1.807, 2.05) is 0 Å². The minimum absolute atomic E-state index is 0.0274. The lowest BCUT2D eigenvalue weighted by Gasteiger charge is -2.09. The van der Waals surface area contributed by atoms with Crippen LogP contribution in [0, 0.1) is 17.7 Å². The van der Waals surface area contributed by atoms with Crippen LogP contribution in [0.2, 0.25) is 10.0 Å². The van der Waals surface area contributed by atoms with Crippen LogP contribution in [-0.2, 0) is 6.61 Å². The Balaban J connectivity index is 2.12. The van der Waals surface area contributed by atoms with Crippen LogP contribution in [0.4, 0.5) is 4.39 Å². The third-order valence-corrected chi connectivity index (χ3v) is 3.47. The van der Waals surface area contributed by atoms with Crippen molar-refractivity contribution in [3.63, 3.8) is 0 Å². The van der Waals surface area contributed by atoms with Crippen molar-refractivity contribution >= 4 is 23.2 Å². The Morgan fingerprint density at radius 2 is 2.00 bits per heavy atom. The largest absolute Gasteiger partial charge is 0.487 e. The fraction of sp³-hybridized carbons (Fsp3) is 0.125. The average molecular weight is 325 g/mol. The predicted molar refractivity (Wildman–Crippen MR) is 81.2 cm³/mol. The van der Waals surface area contributed by atoms with E-state index in [4.69, 9.17) is 33.0 Å². The van der Waals surface area contributed by atoms with Gasteiger partial charge in [0.05, 0.1) is 5.02 Å². The molecule has 0 amide bonds. The highest BCUT2D eigenvalue weighted by molar-refractivity contribution is 6.42. The van der Waals surface area contributed by atoms with Crippen molar-refractivity contribution < 1.29 is 14.2 Å². The number of aliphatic hydroxyl groups is 1. The van der Waals surface area contributed by atoms with Gasteiger partial charge in [0.15, 0.2) is 0 Å². The van der Waals surface area contributed by atoms with E-state index in [1.165, 1.54) is 6.07 Å². The lowest BCUT2D eigenvalue weighted by molar-refractivity contribution is 0.300. The Bertz CT molecular complexity index is 705. The second-order valence-electron chi connectivity index (χ2n) is 4.11. The molecule has 0 aromatic heterocycles. The molecule has 0 fully saturated rings. The molecule has 0 aliphatic carbocycles. The molecule has 2 aromatic rings. The van der Waals surface area contributed by atoms with Crippen molar-refractivity contribution in [1.29, 1.82) is 0 Å². The summed E-state index contributed by atoms with van der Waals surface area (Å²) < 4.78 is 19.4. The first-order chi connectivity index (χ1) is 10.1. The molecule has 0 saturated heterocycles. The van der Waals surface area contributed by atoms with Gasteiger partial charge in [0.25, 0.3) is 0 Å². The summed E-state index contributed by atoms with van der Waals surface area (Å²) in [6.07, 6.45) is 0. The Morgan fingerprint density at radius 3 is 2.71 bits per heavy atom. The molecule has 0 aliphatic heterocycles. The van der Waals surface area contributed by atoms with Crippen molar-refractivity contribution in [3.8, 4) is 17.6 Å². The molecule has 0 heterocycles. The van der Waals surface area contributed by atoms with E-state index in [2.05, 4.69) is 11.8 Å². The standard InChI is InChI=1S/C16H11Cl2FO2/c17-13-4-1-5-15(16(13)18)21-10-12-7-6-11(3-2-8-20)9-14(12)19/h1,4-7,9,20H,8,10H2. The van der Waals surface area contributed by atoms with Gasteiger partial charge in [-0.2, -0.15) is 0 Å². The fourth-order valence-electron chi connectivity index (χ4n) is 1.63. The molecule has 1 N–H and O–H groups in total. The Hall–Kier alpha value is -1.73. The van der Waals surface area contributed by atoms with Gasteiger partial charge >= 0.3 is 0 Å². The molecule has 21 heavy (non-hydrogen) atoms. The van der Waals surface area contributed by atoms with Crippen LogP contribution in [0.5, 0.6) is 5.75 Å². The molecule has 2 rings (SSSR count). The first-order valence-corrected chi connectivity index (χ1v) is 6.82. The third-order valence-electron chi connectivity index (χ3n) is 2.66. The maximum absolute atomic E-state index is 13.9. The summed E-state index contributed by atoms with van der Waals surface area (Å²) in [5.74, 6) is 5.06. The van der Waals surface area contributed by atoms with E-state index >= 15 is 0 Å². The molecule has 0 spiro atoms. The number of ether oxygens (including phenoxy) is 1. The summed E-state index contributed by atoms with van der Waals surface area (Å²) in [7, 11) is 0. The number of hydrogen-bond acceptors (Lipinski definition) is 2. The lowest BCUT2D eigenvalue weighted by atomic mass is 10.1. The van der Waals surface area contributed by atoms with E-state index in [1.54, 1.807) is 30.3 Å². The van der Waals surface area contributed by atoms with Crippen molar-refractivity contribution in [1.82, 2.24) is 0 Å². The van der Waals surface area contributed by atoms with Gasteiger partial charge in [-0.05, 0) is 24.3 Å². The zero-order valence-electron chi connectivity index (χ0n) is 10.9. The second-order valence-corrected chi connectivity index (χ2v) is 4.89. The molecule has 2 nitrogen and oxygen atoms in total. The number of halogens is 3. The van der Waals surface area contributed by atoms with Gasteiger partial charge < -0.3 is 9.84 Å². The maximum Gasteiger partial charge on any atom is 0.139 e. The van der Waals surface area contributed by atoms with Gasteiger partial charge in [0.1, 0.15) is 29.8 Å². The van der Waals surface area contributed by atoms with Crippen molar-refractivity contribution in [2.75, 3.05) is 6.61 Å². The number of aliphatic hydroxyl groups excluding tert-OH is 1. The zero-order valence-corrected chi connectivity index (χ0v) is 12.4. The fourth-order valence-corrected chi connectivity index (χ4v) is 1.98. The first-order valence-electron chi connectivity index (χ1n) is 6.07. The van der Waals surface area contributed by atoms with Crippen LogP contribution >= 0.6 is 23.2 Å². The quantitative estimate of drug-likeness (QED) is 0.863. The summed E-state index contributed by atoms with van der Waals surface area (Å²) >= 11 is 11.9. The van der Waals surface area contributed by atoms with Crippen molar-refractivity contribution in [2.45, 2.75) is 6.61 Å². The smallest absolute Gasteiger partial charge is 0.139 e. The van der Waals surface area contributed by atoms with Crippen molar-refractivity contribution in [3.05, 3.63) is 63.4 Å². The Labute approximate surface area is 132 Å². The molecular formula is C16H11Cl2FO2. The van der Waals surface area contributed by atoms with Crippen molar-refractivity contribution in [2.24, 2.45) is 0 Å². The Kier molecular flexibility index (Phi) is 5.46. The maximum atomic E-state index is 13.9. The highest BCUT2D eigenvalue weighted by Crippen LogP contribution is 2.32. The highest BCUT2D eigenvalue weighted by Gasteiger charge is 2.08. The van der Waals surface area contributed by atoms with Crippen LogP contribution in [0.15, 0.2) is 36.4 Å². The summed E-state index contributed by atoms with van der Waals surface area (Å²) in [6, 6.07) is 9.53. The molecule has 108 valence electrons. The molecule has 2 aromatic carbocycles. The van der Waals surface area contributed by atoms with Crippen LogP contribution < -0.4 is 4.74 Å². The molecule has 0 atom stereocenters. The minimum Gasteiger partial charge on any atom is -0.487 e. The van der Waals surface area contributed by atoms with Gasteiger partial charge in [-0.3, -0.25) is 0 Å². The van der Waals surface area contributed by atoms with Gasteiger partial charge in [0, 0.05) is 11.1 Å². The summed E-state index contributed by atoms with van der Waals surface area (Å²) in [5.41, 5.74) is 0.867. The predicted octanol–water partition coefficient (Wildman–Crippen LogP) is 4.06. The Morgan fingerprint density at radius 1 is 1.19 bits per heavy atom. The summed E-state index contributed by atoms with van der Waals surface area (Å²) in [6.45, 7) is -0.237. The highest BCUT2D eigenvalue weighted by atomic mass is 35.5. The molecule has 0 bridgehead atoms. The zero-order chi connectivity index (χ0) is 15.2. The molecule has 0 unspecified atom stereocenters. The van der Waals surface area contributed by atoms with Gasteiger partial charge in [0.2, 0.25) is 0 Å². The molecular weight excluding hydrogens is 314 g/mol. The second kappa shape index (κ2) is 7.33. The molecule has 0 radical (unpaired) electrons. The summed E-state index contributed by atoms with van der Waals surface area (Å²) in [5, 5.41) is 9.27. The topological polar surface area (TPSA) is 29.5 Å².